The molecule has 1 atom stereocenters. The minimum absolute atomic E-state index is 0.107. The van der Waals surface area contributed by atoms with Gasteiger partial charge in [0.05, 0.1) is 12.7 Å². The molecule has 0 saturated heterocycles. The lowest BCUT2D eigenvalue weighted by molar-refractivity contribution is -0.137. The number of nitrogens with one attached hydrogen (secondary N) is 1. The van der Waals surface area contributed by atoms with Crippen LogP contribution in [-0.2, 0) is 9.53 Å². The Hall–Kier alpha value is -1.82. The maximum atomic E-state index is 11.3. The highest BCUT2D eigenvalue weighted by molar-refractivity contribution is 5.87. The molecule has 0 radical (unpaired) electrons. The molecule has 0 fully saturated rings. The molecule has 6 nitrogen and oxygen atoms in total. The molecule has 0 aliphatic heterocycles. The van der Waals surface area contributed by atoms with Crippen molar-refractivity contribution in [2.24, 2.45) is 0 Å². The molecule has 0 spiro atoms. The number of ether oxygens (including phenoxy) is 1. The van der Waals surface area contributed by atoms with Gasteiger partial charge in [-0.1, -0.05) is 0 Å². The second-order valence-electron chi connectivity index (χ2n) is 3.52. The summed E-state index contributed by atoms with van der Waals surface area (Å²) in [6.45, 7) is 1.97. The zero-order valence-corrected chi connectivity index (χ0v) is 9.47. The summed E-state index contributed by atoms with van der Waals surface area (Å²) in [4.78, 5) is 24.3. The number of aliphatic carboxylic acids is 1. The van der Waals surface area contributed by atoms with E-state index < -0.39 is 18.0 Å². The Kier molecular flexibility index (Phi) is 4.71. The van der Waals surface area contributed by atoms with Crippen LogP contribution in [0, 0.1) is 0 Å². The molecule has 0 aliphatic rings. The smallest absolute Gasteiger partial charge is 0.354 e. The van der Waals surface area contributed by atoms with Crippen LogP contribution in [0.4, 0.5) is 0 Å². The van der Waals surface area contributed by atoms with Crippen LogP contribution in [0.15, 0.2) is 12.3 Å². The fraction of sp³-hybridized carbons (Fsp3) is 0.455. The summed E-state index contributed by atoms with van der Waals surface area (Å²) in [6, 6.07) is 1.46. The van der Waals surface area contributed by atoms with Crippen LogP contribution in [0.2, 0.25) is 0 Å². The molecule has 0 aromatic carbocycles. The van der Waals surface area contributed by atoms with Crippen LogP contribution in [-0.4, -0.2) is 33.7 Å². The molecule has 0 amide bonds. The largest absolute Gasteiger partial charge is 0.481 e. The fourth-order valence-corrected chi connectivity index (χ4v) is 1.36. The number of rotatable bonds is 6. The molecule has 1 rings (SSSR count). The maximum Gasteiger partial charge on any atom is 0.354 e. The summed E-state index contributed by atoms with van der Waals surface area (Å²) in [5.41, 5.74) is 0.727. The first-order valence-electron chi connectivity index (χ1n) is 5.30. The van der Waals surface area contributed by atoms with Crippen LogP contribution in [0.5, 0.6) is 0 Å². The second-order valence-corrected chi connectivity index (χ2v) is 3.52. The number of H-pyrrole nitrogens is 1. The van der Waals surface area contributed by atoms with Gasteiger partial charge in [-0.15, -0.1) is 0 Å². The van der Waals surface area contributed by atoms with Gasteiger partial charge in [0, 0.05) is 12.6 Å². The van der Waals surface area contributed by atoms with Crippen LogP contribution >= 0.6 is 0 Å². The van der Waals surface area contributed by atoms with E-state index in [0.29, 0.717) is 5.56 Å². The number of aliphatic hydroxyl groups is 1. The molecule has 1 aromatic heterocycles. The Labute approximate surface area is 98.2 Å². The number of carboxylic acid groups (broad SMARTS) is 1. The van der Waals surface area contributed by atoms with E-state index in [2.05, 4.69) is 4.98 Å². The molecule has 3 N–H and O–H groups in total. The normalized spacial score (nSPS) is 12.1. The van der Waals surface area contributed by atoms with E-state index in [1.807, 2.05) is 0 Å². The van der Waals surface area contributed by atoms with Crippen LogP contribution in [0.25, 0.3) is 0 Å². The third kappa shape index (κ3) is 3.92. The van der Waals surface area contributed by atoms with Crippen LogP contribution in [0.1, 0.15) is 41.9 Å². The van der Waals surface area contributed by atoms with E-state index >= 15 is 0 Å². The number of carbonyl (C=O) groups excluding carboxylic acids is 1. The molecule has 17 heavy (non-hydrogen) atoms. The number of aromatic nitrogens is 1. The number of hydrogen-bond donors (Lipinski definition) is 3. The van der Waals surface area contributed by atoms with Crippen molar-refractivity contribution in [3.05, 3.63) is 23.5 Å². The predicted octanol–water partition coefficient (Wildman–Crippen LogP) is 1.09. The lowest BCUT2D eigenvalue weighted by Crippen LogP contribution is -2.04. The number of aromatic amines is 1. The van der Waals surface area contributed by atoms with E-state index in [1.165, 1.54) is 12.3 Å². The lowest BCUT2D eigenvalue weighted by atomic mass is 10.1. The Morgan fingerprint density at radius 1 is 1.53 bits per heavy atom. The molecule has 94 valence electrons. The van der Waals surface area contributed by atoms with Crippen molar-refractivity contribution in [1.82, 2.24) is 4.98 Å². The standard InChI is InChI=1S/C11H15NO5/c1-2-17-11(16)8-5-7(6-12-8)9(13)3-4-10(14)15/h5-6,9,12-13H,2-4H2,1H3,(H,14,15). The van der Waals surface area contributed by atoms with Crippen LogP contribution < -0.4 is 0 Å². The summed E-state index contributed by atoms with van der Waals surface area (Å²) in [5.74, 6) is -1.46. The Morgan fingerprint density at radius 2 is 2.24 bits per heavy atom. The van der Waals surface area contributed by atoms with E-state index in [4.69, 9.17) is 9.84 Å². The lowest BCUT2D eigenvalue weighted by Gasteiger charge is -2.05. The quantitative estimate of drug-likeness (QED) is 0.647. The molecule has 1 aromatic rings. The summed E-state index contributed by atoms with van der Waals surface area (Å²) in [7, 11) is 0. The van der Waals surface area contributed by atoms with Crippen molar-refractivity contribution in [1.29, 1.82) is 0 Å². The molecule has 0 bridgehead atoms. The van der Waals surface area contributed by atoms with E-state index in [9.17, 15) is 14.7 Å². The van der Waals surface area contributed by atoms with Gasteiger partial charge in [0.2, 0.25) is 0 Å². The molecule has 0 saturated carbocycles. The highest BCUT2D eigenvalue weighted by Crippen LogP contribution is 2.19. The Morgan fingerprint density at radius 3 is 2.82 bits per heavy atom. The van der Waals surface area contributed by atoms with Gasteiger partial charge >= 0.3 is 11.9 Å². The maximum absolute atomic E-state index is 11.3. The third-order valence-corrected chi connectivity index (χ3v) is 2.22. The first kappa shape index (κ1) is 13.2. The Balaban J connectivity index is 2.60. The third-order valence-electron chi connectivity index (χ3n) is 2.22. The number of aliphatic hydroxyl groups excluding tert-OH is 1. The highest BCUT2D eigenvalue weighted by Gasteiger charge is 2.15. The van der Waals surface area contributed by atoms with Crippen molar-refractivity contribution in [3.63, 3.8) is 0 Å². The van der Waals surface area contributed by atoms with Gasteiger partial charge < -0.3 is 19.9 Å². The monoisotopic (exact) mass is 241 g/mol. The predicted molar refractivity (Wildman–Crippen MR) is 58.6 cm³/mol. The minimum Gasteiger partial charge on any atom is -0.481 e. The summed E-state index contributed by atoms with van der Waals surface area (Å²) in [6.07, 6.45) is 0.556. The SMILES string of the molecule is CCOC(=O)c1cc(C(O)CCC(=O)O)c[nH]1. The summed E-state index contributed by atoms with van der Waals surface area (Å²) >= 11 is 0. The number of carbonyl (C=O) groups is 2. The molecule has 6 heteroatoms. The fourth-order valence-electron chi connectivity index (χ4n) is 1.36. The van der Waals surface area contributed by atoms with Gasteiger partial charge in [0.1, 0.15) is 5.69 Å². The molecular formula is C11H15NO5. The van der Waals surface area contributed by atoms with Gasteiger partial charge in [-0.3, -0.25) is 4.79 Å². The van der Waals surface area contributed by atoms with Crippen molar-refractivity contribution < 1.29 is 24.5 Å². The minimum atomic E-state index is -0.967. The van der Waals surface area contributed by atoms with Gasteiger partial charge in [0.15, 0.2) is 0 Å². The van der Waals surface area contributed by atoms with Crippen LogP contribution in [0.3, 0.4) is 0 Å². The number of carboxylic acids is 1. The molecule has 0 aliphatic carbocycles. The van der Waals surface area contributed by atoms with E-state index in [-0.39, 0.29) is 25.1 Å². The average molecular weight is 241 g/mol. The van der Waals surface area contributed by atoms with Crippen molar-refractivity contribution in [3.8, 4) is 0 Å². The highest BCUT2D eigenvalue weighted by atomic mass is 16.5. The first-order valence-corrected chi connectivity index (χ1v) is 5.30. The Bertz CT molecular complexity index is 398. The number of esters is 1. The van der Waals surface area contributed by atoms with Crippen molar-refractivity contribution in [2.75, 3.05) is 6.61 Å². The molecule has 1 unspecified atom stereocenters. The first-order chi connectivity index (χ1) is 8.04. The van der Waals surface area contributed by atoms with Gasteiger partial charge in [-0.2, -0.15) is 0 Å². The average Bonchev–Trinajstić information content (AvgIpc) is 2.75. The van der Waals surface area contributed by atoms with Gasteiger partial charge in [-0.25, -0.2) is 4.79 Å². The van der Waals surface area contributed by atoms with Crippen molar-refractivity contribution >= 4 is 11.9 Å². The summed E-state index contributed by atoms with van der Waals surface area (Å²) in [5, 5.41) is 18.1. The topological polar surface area (TPSA) is 99.6 Å². The zero-order chi connectivity index (χ0) is 12.8. The second kappa shape index (κ2) is 6.05. The number of hydrogen-bond acceptors (Lipinski definition) is 4. The molecular weight excluding hydrogens is 226 g/mol. The summed E-state index contributed by atoms with van der Waals surface area (Å²) < 4.78 is 4.77. The van der Waals surface area contributed by atoms with E-state index in [0.717, 1.165) is 0 Å². The van der Waals surface area contributed by atoms with Gasteiger partial charge in [0.25, 0.3) is 0 Å². The van der Waals surface area contributed by atoms with Crippen molar-refractivity contribution in [2.45, 2.75) is 25.9 Å². The molecule has 1 heterocycles. The zero-order valence-electron chi connectivity index (χ0n) is 9.47. The van der Waals surface area contributed by atoms with E-state index in [1.54, 1.807) is 6.92 Å². The van der Waals surface area contributed by atoms with Gasteiger partial charge in [-0.05, 0) is 25.0 Å².